The SMILES string of the molecule is CCCN(Cc1nc2cc(Cl)ccc2c(=O)[nH]1)C(=O)CN1C(=O)NC(C)(c2ccc(F)cc2)C1=O. The van der Waals surface area contributed by atoms with Gasteiger partial charge in [0, 0.05) is 11.6 Å². The van der Waals surface area contributed by atoms with Crippen molar-refractivity contribution in [3.63, 3.8) is 0 Å². The van der Waals surface area contributed by atoms with E-state index in [1.807, 2.05) is 6.92 Å². The summed E-state index contributed by atoms with van der Waals surface area (Å²) in [6, 6.07) is 9.21. The van der Waals surface area contributed by atoms with Gasteiger partial charge in [-0.15, -0.1) is 0 Å². The topological polar surface area (TPSA) is 115 Å². The maximum absolute atomic E-state index is 13.3. The summed E-state index contributed by atoms with van der Waals surface area (Å²) in [5.74, 6) is -1.34. The van der Waals surface area contributed by atoms with E-state index in [0.29, 0.717) is 34.5 Å². The summed E-state index contributed by atoms with van der Waals surface area (Å²) in [5, 5.41) is 3.39. The van der Waals surface area contributed by atoms with Crippen LogP contribution in [0.15, 0.2) is 47.3 Å². The fourth-order valence-electron chi connectivity index (χ4n) is 4.03. The van der Waals surface area contributed by atoms with Crippen LogP contribution < -0.4 is 10.9 Å². The molecule has 4 rings (SSSR count). The first-order valence-corrected chi connectivity index (χ1v) is 11.4. The van der Waals surface area contributed by atoms with Crippen molar-refractivity contribution in [3.8, 4) is 0 Å². The number of nitrogens with one attached hydrogen (secondary N) is 2. The molecule has 4 amide bonds. The van der Waals surface area contributed by atoms with E-state index in [4.69, 9.17) is 11.6 Å². The van der Waals surface area contributed by atoms with Crippen LogP contribution in [0.4, 0.5) is 9.18 Å². The van der Waals surface area contributed by atoms with Gasteiger partial charge in [0.2, 0.25) is 5.91 Å². The fraction of sp³-hybridized carbons (Fsp3) is 0.292. The van der Waals surface area contributed by atoms with Gasteiger partial charge in [-0.05, 0) is 49.2 Å². The van der Waals surface area contributed by atoms with Gasteiger partial charge in [0.1, 0.15) is 23.7 Å². The molecule has 0 spiro atoms. The van der Waals surface area contributed by atoms with Crippen molar-refractivity contribution < 1.29 is 18.8 Å². The molecule has 9 nitrogen and oxygen atoms in total. The van der Waals surface area contributed by atoms with Crippen LogP contribution in [0.25, 0.3) is 10.9 Å². The largest absolute Gasteiger partial charge is 0.334 e. The van der Waals surface area contributed by atoms with Gasteiger partial charge < -0.3 is 15.2 Å². The smallest absolute Gasteiger partial charge is 0.325 e. The Labute approximate surface area is 204 Å². The minimum absolute atomic E-state index is 0.0246. The molecule has 2 heterocycles. The average Bonchev–Trinajstić information content (AvgIpc) is 3.02. The van der Waals surface area contributed by atoms with E-state index in [1.165, 1.54) is 36.1 Å². The number of aromatic amines is 1. The third kappa shape index (κ3) is 4.74. The third-order valence-electron chi connectivity index (χ3n) is 5.89. The van der Waals surface area contributed by atoms with Crippen LogP contribution in [-0.4, -0.2) is 50.7 Å². The van der Waals surface area contributed by atoms with E-state index in [1.54, 1.807) is 18.2 Å². The van der Waals surface area contributed by atoms with Crippen molar-refractivity contribution in [2.45, 2.75) is 32.4 Å². The minimum atomic E-state index is -1.43. The molecule has 0 radical (unpaired) electrons. The Kier molecular flexibility index (Phi) is 6.58. The zero-order chi connectivity index (χ0) is 25.3. The molecule has 1 atom stereocenters. The van der Waals surface area contributed by atoms with Crippen molar-refractivity contribution in [1.82, 2.24) is 25.1 Å². The second-order valence-electron chi connectivity index (χ2n) is 8.44. The maximum atomic E-state index is 13.3. The number of rotatable bonds is 7. The highest BCUT2D eigenvalue weighted by Gasteiger charge is 2.49. The number of benzene rings is 2. The highest BCUT2D eigenvalue weighted by Crippen LogP contribution is 2.29. The predicted octanol–water partition coefficient (Wildman–Crippen LogP) is 2.92. The Morgan fingerprint density at radius 3 is 2.57 bits per heavy atom. The van der Waals surface area contributed by atoms with Crippen LogP contribution in [0, 0.1) is 5.82 Å². The second kappa shape index (κ2) is 9.46. The Hall–Kier alpha value is -3.79. The summed E-state index contributed by atoms with van der Waals surface area (Å²) in [4.78, 5) is 60.7. The number of imide groups is 1. The van der Waals surface area contributed by atoms with Crippen LogP contribution in [0.2, 0.25) is 5.02 Å². The van der Waals surface area contributed by atoms with Crippen LogP contribution in [-0.2, 0) is 21.7 Å². The lowest BCUT2D eigenvalue weighted by Gasteiger charge is -2.25. The number of carbonyl (C=O) groups excluding carboxylic acids is 3. The first kappa shape index (κ1) is 24.3. The highest BCUT2D eigenvalue weighted by atomic mass is 35.5. The number of halogens is 2. The molecule has 0 aliphatic carbocycles. The molecular formula is C24H23ClFN5O4. The summed E-state index contributed by atoms with van der Waals surface area (Å²) >= 11 is 6.02. The van der Waals surface area contributed by atoms with Gasteiger partial charge in [-0.1, -0.05) is 30.7 Å². The lowest BCUT2D eigenvalue weighted by Crippen LogP contribution is -2.44. The van der Waals surface area contributed by atoms with Crippen molar-refractivity contribution >= 4 is 40.3 Å². The summed E-state index contributed by atoms with van der Waals surface area (Å²) in [6.45, 7) is 3.17. The van der Waals surface area contributed by atoms with Gasteiger partial charge in [-0.2, -0.15) is 0 Å². The van der Waals surface area contributed by atoms with Crippen molar-refractivity contribution in [2.75, 3.05) is 13.1 Å². The normalized spacial score (nSPS) is 17.7. The van der Waals surface area contributed by atoms with Crippen molar-refractivity contribution in [2.24, 2.45) is 0 Å². The lowest BCUT2D eigenvalue weighted by molar-refractivity contribution is -0.139. The first-order valence-electron chi connectivity index (χ1n) is 11.0. The third-order valence-corrected chi connectivity index (χ3v) is 6.13. The highest BCUT2D eigenvalue weighted by molar-refractivity contribution is 6.31. The number of carbonyl (C=O) groups is 3. The molecule has 1 aromatic heterocycles. The summed E-state index contributed by atoms with van der Waals surface area (Å²) in [5.41, 5.74) is -1.00. The van der Waals surface area contributed by atoms with E-state index < -0.39 is 35.7 Å². The molecule has 182 valence electrons. The number of nitrogens with zero attached hydrogens (tertiary/aromatic N) is 3. The quantitative estimate of drug-likeness (QED) is 0.485. The fourth-order valence-corrected chi connectivity index (χ4v) is 4.20. The predicted molar refractivity (Wildman–Crippen MR) is 127 cm³/mol. The van der Waals surface area contributed by atoms with E-state index >= 15 is 0 Å². The van der Waals surface area contributed by atoms with E-state index in [9.17, 15) is 23.6 Å². The van der Waals surface area contributed by atoms with E-state index in [0.717, 1.165) is 4.90 Å². The summed E-state index contributed by atoms with van der Waals surface area (Å²) < 4.78 is 13.3. The average molecular weight is 500 g/mol. The van der Waals surface area contributed by atoms with Gasteiger partial charge >= 0.3 is 6.03 Å². The number of aromatic nitrogens is 2. The van der Waals surface area contributed by atoms with Crippen LogP contribution >= 0.6 is 11.6 Å². The Morgan fingerprint density at radius 1 is 1.17 bits per heavy atom. The zero-order valence-electron chi connectivity index (χ0n) is 19.1. The summed E-state index contributed by atoms with van der Waals surface area (Å²) in [6.07, 6.45) is 0.600. The number of hydrogen-bond acceptors (Lipinski definition) is 5. The first-order chi connectivity index (χ1) is 16.6. The molecule has 0 saturated carbocycles. The number of urea groups is 1. The Bertz CT molecular complexity index is 1380. The van der Waals surface area contributed by atoms with Gasteiger partial charge in [0.25, 0.3) is 11.5 Å². The lowest BCUT2D eigenvalue weighted by atomic mass is 9.92. The molecule has 0 bridgehead atoms. The van der Waals surface area contributed by atoms with Crippen LogP contribution in [0.1, 0.15) is 31.7 Å². The standard InChI is InChI=1S/C24H23ClFN5O4/c1-3-10-30(12-19-27-18-11-15(25)6-9-17(18)21(33)28-19)20(32)13-31-22(34)24(2,29-23(31)35)14-4-7-16(26)8-5-14/h4-9,11H,3,10,12-13H2,1-2H3,(H,29,35)(H,27,28,33). The molecule has 35 heavy (non-hydrogen) atoms. The number of hydrogen-bond donors (Lipinski definition) is 2. The van der Waals surface area contributed by atoms with E-state index in [-0.39, 0.29) is 17.9 Å². The van der Waals surface area contributed by atoms with Crippen LogP contribution in [0.3, 0.4) is 0 Å². The van der Waals surface area contributed by atoms with E-state index in [2.05, 4.69) is 15.3 Å². The molecule has 1 fully saturated rings. The molecule has 1 saturated heterocycles. The van der Waals surface area contributed by atoms with Crippen LogP contribution in [0.5, 0.6) is 0 Å². The van der Waals surface area contributed by atoms with Gasteiger partial charge in [0.15, 0.2) is 0 Å². The number of amides is 4. The minimum Gasteiger partial charge on any atom is -0.334 e. The number of fused-ring (bicyclic) bond motifs is 1. The molecule has 3 aromatic rings. The second-order valence-corrected chi connectivity index (χ2v) is 8.88. The maximum Gasteiger partial charge on any atom is 0.325 e. The number of H-pyrrole nitrogens is 1. The molecular weight excluding hydrogens is 477 g/mol. The van der Waals surface area contributed by atoms with Gasteiger partial charge in [0.05, 0.1) is 17.4 Å². The molecule has 1 aliphatic rings. The summed E-state index contributed by atoms with van der Waals surface area (Å²) in [7, 11) is 0. The molecule has 2 aromatic carbocycles. The Balaban J connectivity index is 1.54. The molecule has 1 unspecified atom stereocenters. The Morgan fingerprint density at radius 2 is 1.89 bits per heavy atom. The van der Waals surface area contributed by atoms with Crippen molar-refractivity contribution in [1.29, 1.82) is 0 Å². The van der Waals surface area contributed by atoms with Gasteiger partial charge in [-0.3, -0.25) is 19.3 Å². The zero-order valence-corrected chi connectivity index (χ0v) is 19.9. The molecule has 11 heteroatoms. The van der Waals surface area contributed by atoms with Crippen molar-refractivity contribution in [3.05, 3.63) is 75.0 Å². The molecule has 1 aliphatic heterocycles. The van der Waals surface area contributed by atoms with Gasteiger partial charge in [-0.25, -0.2) is 14.2 Å². The monoisotopic (exact) mass is 499 g/mol. The molecule has 2 N–H and O–H groups in total.